The maximum absolute atomic E-state index is 12.8. The summed E-state index contributed by atoms with van der Waals surface area (Å²) in [5, 5.41) is 3.85. The standard InChI is InChI=1S/C17H17FN2O4/c1-22-15-5-3-4-12(17(15)23-2)10-19-20-16(21)11-24-14-8-6-13(18)7-9-14/h3-10H,11H2,1-2H3,(H,20,21). The van der Waals surface area contributed by atoms with Crippen LogP contribution < -0.4 is 19.6 Å². The van der Waals surface area contributed by atoms with Gasteiger partial charge in [0.25, 0.3) is 5.91 Å². The molecule has 0 aliphatic heterocycles. The van der Waals surface area contributed by atoms with Gasteiger partial charge in [-0.1, -0.05) is 6.07 Å². The summed E-state index contributed by atoms with van der Waals surface area (Å²) in [7, 11) is 3.05. The molecule has 7 heteroatoms. The minimum absolute atomic E-state index is 0.238. The van der Waals surface area contributed by atoms with E-state index in [1.165, 1.54) is 44.7 Å². The summed E-state index contributed by atoms with van der Waals surface area (Å²) in [5.74, 6) is 0.652. The van der Waals surface area contributed by atoms with Crippen molar-refractivity contribution in [3.63, 3.8) is 0 Å². The summed E-state index contributed by atoms with van der Waals surface area (Å²) in [6.07, 6.45) is 1.44. The van der Waals surface area contributed by atoms with Crippen molar-refractivity contribution < 1.29 is 23.4 Å². The van der Waals surface area contributed by atoms with E-state index in [0.29, 0.717) is 22.8 Å². The molecule has 0 spiro atoms. The van der Waals surface area contributed by atoms with Crippen molar-refractivity contribution in [1.29, 1.82) is 0 Å². The van der Waals surface area contributed by atoms with E-state index in [4.69, 9.17) is 14.2 Å². The maximum Gasteiger partial charge on any atom is 0.277 e. The zero-order chi connectivity index (χ0) is 17.4. The number of para-hydroxylation sites is 1. The van der Waals surface area contributed by atoms with E-state index in [2.05, 4.69) is 10.5 Å². The normalized spacial score (nSPS) is 10.5. The van der Waals surface area contributed by atoms with E-state index in [1.54, 1.807) is 18.2 Å². The number of methoxy groups -OCH3 is 2. The van der Waals surface area contributed by atoms with E-state index in [0.717, 1.165) is 0 Å². The second-order valence-electron chi connectivity index (χ2n) is 4.62. The third-order valence-electron chi connectivity index (χ3n) is 3.01. The fraction of sp³-hybridized carbons (Fsp3) is 0.176. The van der Waals surface area contributed by atoms with Gasteiger partial charge < -0.3 is 14.2 Å². The molecule has 24 heavy (non-hydrogen) atoms. The Morgan fingerprint density at radius 2 is 1.92 bits per heavy atom. The molecule has 0 bridgehead atoms. The average molecular weight is 332 g/mol. The second-order valence-corrected chi connectivity index (χ2v) is 4.62. The van der Waals surface area contributed by atoms with Crippen LogP contribution in [0.3, 0.4) is 0 Å². The van der Waals surface area contributed by atoms with Gasteiger partial charge in [0.05, 0.1) is 20.4 Å². The van der Waals surface area contributed by atoms with Crippen LogP contribution in [0, 0.1) is 5.82 Å². The van der Waals surface area contributed by atoms with Crippen LogP contribution in [0.25, 0.3) is 0 Å². The van der Waals surface area contributed by atoms with Gasteiger partial charge in [-0.25, -0.2) is 9.82 Å². The first-order valence-corrected chi connectivity index (χ1v) is 7.05. The quantitative estimate of drug-likeness (QED) is 0.624. The topological polar surface area (TPSA) is 69.2 Å². The van der Waals surface area contributed by atoms with Gasteiger partial charge in [-0.2, -0.15) is 5.10 Å². The van der Waals surface area contributed by atoms with Gasteiger partial charge >= 0.3 is 0 Å². The summed E-state index contributed by atoms with van der Waals surface area (Å²) in [6, 6.07) is 10.7. The van der Waals surface area contributed by atoms with E-state index < -0.39 is 5.91 Å². The van der Waals surface area contributed by atoms with Crippen molar-refractivity contribution in [3.05, 3.63) is 53.8 Å². The zero-order valence-corrected chi connectivity index (χ0v) is 13.3. The number of hydrogen-bond donors (Lipinski definition) is 1. The van der Waals surface area contributed by atoms with E-state index in [-0.39, 0.29) is 12.4 Å². The Hall–Kier alpha value is -3.09. The number of hydrogen-bond acceptors (Lipinski definition) is 5. The van der Waals surface area contributed by atoms with Gasteiger partial charge in [0.2, 0.25) is 0 Å². The highest BCUT2D eigenvalue weighted by Crippen LogP contribution is 2.29. The number of carbonyl (C=O) groups is 1. The van der Waals surface area contributed by atoms with Crippen molar-refractivity contribution in [2.45, 2.75) is 0 Å². The number of carbonyl (C=O) groups excluding carboxylic acids is 1. The first-order valence-electron chi connectivity index (χ1n) is 7.05. The van der Waals surface area contributed by atoms with Crippen molar-refractivity contribution in [2.75, 3.05) is 20.8 Å². The fourth-order valence-corrected chi connectivity index (χ4v) is 1.90. The number of benzene rings is 2. The Kier molecular flexibility index (Phi) is 6.13. The Morgan fingerprint density at radius 3 is 2.58 bits per heavy atom. The summed E-state index contributed by atoms with van der Waals surface area (Å²) < 4.78 is 28.4. The van der Waals surface area contributed by atoms with Crippen molar-refractivity contribution in [1.82, 2.24) is 5.43 Å². The van der Waals surface area contributed by atoms with Crippen LogP contribution in [-0.4, -0.2) is 32.9 Å². The number of nitrogens with zero attached hydrogens (tertiary/aromatic N) is 1. The lowest BCUT2D eigenvalue weighted by Gasteiger charge is -2.09. The van der Waals surface area contributed by atoms with Crippen LogP contribution >= 0.6 is 0 Å². The summed E-state index contributed by atoms with van der Waals surface area (Å²) in [4.78, 5) is 11.7. The number of ether oxygens (including phenoxy) is 3. The van der Waals surface area contributed by atoms with Gasteiger partial charge in [-0.15, -0.1) is 0 Å². The van der Waals surface area contributed by atoms with E-state index >= 15 is 0 Å². The number of hydrazone groups is 1. The highest BCUT2D eigenvalue weighted by molar-refractivity contribution is 5.86. The predicted octanol–water partition coefficient (Wildman–Crippen LogP) is 2.37. The summed E-state index contributed by atoms with van der Waals surface area (Å²) in [6.45, 7) is -0.238. The lowest BCUT2D eigenvalue weighted by atomic mass is 10.2. The van der Waals surface area contributed by atoms with Gasteiger partial charge in [0.15, 0.2) is 18.1 Å². The molecule has 1 N–H and O–H groups in total. The minimum Gasteiger partial charge on any atom is -0.493 e. The van der Waals surface area contributed by atoms with Crippen LogP contribution in [0.4, 0.5) is 4.39 Å². The molecule has 0 saturated carbocycles. The SMILES string of the molecule is COc1cccc(C=NNC(=O)COc2ccc(F)cc2)c1OC. The molecule has 2 aromatic rings. The molecule has 0 aliphatic rings. The number of rotatable bonds is 7. The highest BCUT2D eigenvalue weighted by Gasteiger charge is 2.07. The molecular weight excluding hydrogens is 315 g/mol. The molecule has 0 aliphatic carbocycles. The lowest BCUT2D eigenvalue weighted by Crippen LogP contribution is -2.24. The smallest absolute Gasteiger partial charge is 0.277 e. The fourth-order valence-electron chi connectivity index (χ4n) is 1.90. The number of nitrogens with one attached hydrogen (secondary N) is 1. The molecule has 1 amide bonds. The third kappa shape index (κ3) is 4.70. The Labute approximate surface area is 138 Å². The van der Waals surface area contributed by atoms with Gasteiger partial charge in [0.1, 0.15) is 11.6 Å². The van der Waals surface area contributed by atoms with Gasteiger partial charge in [0, 0.05) is 5.56 Å². The van der Waals surface area contributed by atoms with Crippen LogP contribution in [-0.2, 0) is 4.79 Å². The van der Waals surface area contributed by atoms with E-state index in [9.17, 15) is 9.18 Å². The molecule has 0 atom stereocenters. The number of halogens is 1. The molecule has 0 aromatic heterocycles. The van der Waals surface area contributed by atoms with E-state index in [1.807, 2.05) is 0 Å². The molecule has 0 radical (unpaired) electrons. The van der Waals surface area contributed by atoms with Crippen LogP contribution in [0.15, 0.2) is 47.6 Å². The molecule has 6 nitrogen and oxygen atoms in total. The maximum atomic E-state index is 12.8. The molecular formula is C17H17FN2O4. The second kappa shape index (κ2) is 8.52. The summed E-state index contributed by atoms with van der Waals surface area (Å²) >= 11 is 0. The zero-order valence-electron chi connectivity index (χ0n) is 13.3. The highest BCUT2D eigenvalue weighted by atomic mass is 19.1. The molecule has 0 saturated heterocycles. The first kappa shape index (κ1) is 17.3. The molecule has 126 valence electrons. The molecule has 2 aromatic carbocycles. The summed E-state index contributed by atoms with van der Waals surface area (Å²) in [5.41, 5.74) is 2.99. The average Bonchev–Trinajstić information content (AvgIpc) is 2.61. The van der Waals surface area contributed by atoms with Crippen LogP contribution in [0.5, 0.6) is 17.2 Å². The minimum atomic E-state index is -0.447. The Bertz CT molecular complexity index is 717. The van der Waals surface area contributed by atoms with Crippen molar-refractivity contribution in [3.8, 4) is 17.2 Å². The number of amides is 1. The predicted molar refractivity (Wildman–Crippen MR) is 87.2 cm³/mol. The molecule has 2 rings (SSSR count). The molecule has 0 unspecified atom stereocenters. The molecule has 0 heterocycles. The largest absolute Gasteiger partial charge is 0.493 e. The van der Waals surface area contributed by atoms with Gasteiger partial charge in [-0.3, -0.25) is 4.79 Å². The van der Waals surface area contributed by atoms with Crippen LogP contribution in [0.1, 0.15) is 5.56 Å². The first-order chi connectivity index (χ1) is 11.6. The van der Waals surface area contributed by atoms with Crippen LogP contribution in [0.2, 0.25) is 0 Å². The van der Waals surface area contributed by atoms with Gasteiger partial charge in [-0.05, 0) is 36.4 Å². The third-order valence-corrected chi connectivity index (χ3v) is 3.01. The van der Waals surface area contributed by atoms with Crippen molar-refractivity contribution in [2.24, 2.45) is 5.10 Å². The monoisotopic (exact) mass is 332 g/mol. The lowest BCUT2D eigenvalue weighted by molar-refractivity contribution is -0.123. The van der Waals surface area contributed by atoms with Crippen molar-refractivity contribution >= 4 is 12.1 Å². The Balaban J connectivity index is 1.89. The molecule has 0 fully saturated rings. The Morgan fingerprint density at radius 1 is 1.17 bits per heavy atom.